The number of hydrogen-bond acceptors (Lipinski definition) is 3. The standard InChI is InChI=1S/C8H8N2O/c9-8-5-1-3-7(10-8)4-2-6-11/h1-6H,(H2,9,10). The van der Waals surface area contributed by atoms with Gasteiger partial charge in [-0.05, 0) is 24.3 Å². The lowest BCUT2D eigenvalue weighted by Crippen LogP contribution is -1.90. The van der Waals surface area contributed by atoms with Crippen molar-refractivity contribution in [1.82, 2.24) is 4.98 Å². The first kappa shape index (κ1) is 7.47. The van der Waals surface area contributed by atoms with Crippen molar-refractivity contribution in [3.8, 4) is 0 Å². The number of aldehydes is 1. The third kappa shape index (κ3) is 2.21. The van der Waals surface area contributed by atoms with E-state index in [4.69, 9.17) is 5.73 Å². The Morgan fingerprint density at radius 1 is 1.45 bits per heavy atom. The number of hydrogen-bond donors (Lipinski definition) is 1. The van der Waals surface area contributed by atoms with Gasteiger partial charge in [-0.25, -0.2) is 4.98 Å². The quantitative estimate of drug-likeness (QED) is 0.500. The van der Waals surface area contributed by atoms with Crippen molar-refractivity contribution >= 4 is 18.2 Å². The molecule has 0 aliphatic carbocycles. The van der Waals surface area contributed by atoms with Gasteiger partial charge in [-0.3, -0.25) is 4.79 Å². The van der Waals surface area contributed by atoms with Crippen molar-refractivity contribution in [1.29, 1.82) is 0 Å². The SMILES string of the molecule is Nc1cccc(C=CC=O)n1. The molecule has 0 amide bonds. The normalized spacial score (nSPS) is 10.2. The Kier molecular flexibility index (Phi) is 2.38. The van der Waals surface area contributed by atoms with Crippen molar-refractivity contribution in [2.24, 2.45) is 0 Å². The van der Waals surface area contributed by atoms with Crippen LogP contribution in [0.5, 0.6) is 0 Å². The number of rotatable bonds is 2. The average molecular weight is 148 g/mol. The van der Waals surface area contributed by atoms with E-state index < -0.39 is 0 Å². The van der Waals surface area contributed by atoms with Crippen molar-refractivity contribution in [3.63, 3.8) is 0 Å². The molecule has 0 saturated carbocycles. The van der Waals surface area contributed by atoms with Crippen LogP contribution in [0.25, 0.3) is 6.08 Å². The molecule has 0 aliphatic rings. The van der Waals surface area contributed by atoms with Gasteiger partial charge < -0.3 is 5.73 Å². The molecule has 1 rings (SSSR count). The molecule has 0 aliphatic heterocycles. The van der Waals surface area contributed by atoms with Crippen molar-refractivity contribution in [3.05, 3.63) is 30.0 Å². The lowest BCUT2D eigenvalue weighted by molar-refractivity contribution is -0.104. The summed E-state index contributed by atoms with van der Waals surface area (Å²) in [6.07, 6.45) is 3.68. The maximum atomic E-state index is 9.92. The second kappa shape index (κ2) is 3.51. The number of nitrogens with zero attached hydrogens (tertiary/aromatic N) is 1. The molecule has 0 bridgehead atoms. The van der Waals surface area contributed by atoms with Gasteiger partial charge >= 0.3 is 0 Å². The molecule has 0 atom stereocenters. The van der Waals surface area contributed by atoms with Gasteiger partial charge in [-0.15, -0.1) is 0 Å². The predicted octanol–water partition coefficient (Wildman–Crippen LogP) is 0.876. The first-order valence-corrected chi connectivity index (χ1v) is 3.17. The Balaban J connectivity index is 2.87. The van der Waals surface area contributed by atoms with E-state index in [9.17, 15) is 4.79 Å². The van der Waals surface area contributed by atoms with Gasteiger partial charge in [0, 0.05) is 0 Å². The monoisotopic (exact) mass is 148 g/mol. The molecule has 0 radical (unpaired) electrons. The predicted molar refractivity (Wildman–Crippen MR) is 43.7 cm³/mol. The molecule has 1 aromatic rings. The largest absolute Gasteiger partial charge is 0.384 e. The van der Waals surface area contributed by atoms with Gasteiger partial charge in [-0.1, -0.05) is 6.07 Å². The minimum absolute atomic E-state index is 0.457. The highest BCUT2D eigenvalue weighted by atomic mass is 16.1. The fourth-order valence-electron chi connectivity index (χ4n) is 0.700. The minimum Gasteiger partial charge on any atom is -0.384 e. The van der Waals surface area contributed by atoms with Gasteiger partial charge in [0.05, 0.1) is 5.69 Å². The van der Waals surface area contributed by atoms with Crippen LogP contribution in [0.2, 0.25) is 0 Å². The molecule has 11 heavy (non-hydrogen) atoms. The summed E-state index contributed by atoms with van der Waals surface area (Å²) in [6.45, 7) is 0. The molecular formula is C8H8N2O. The molecule has 1 heterocycles. The van der Waals surface area contributed by atoms with Gasteiger partial charge in [0.1, 0.15) is 12.1 Å². The molecule has 0 fully saturated rings. The maximum Gasteiger partial charge on any atom is 0.142 e. The number of allylic oxidation sites excluding steroid dienone is 1. The molecule has 0 unspecified atom stereocenters. The van der Waals surface area contributed by atoms with E-state index in [1.165, 1.54) is 6.08 Å². The number of nitrogen functional groups attached to an aromatic ring is 1. The molecule has 0 aromatic carbocycles. The van der Waals surface area contributed by atoms with Crippen molar-refractivity contribution < 1.29 is 4.79 Å². The van der Waals surface area contributed by atoms with Crippen LogP contribution in [-0.2, 0) is 4.79 Å². The second-order valence-corrected chi connectivity index (χ2v) is 1.98. The van der Waals surface area contributed by atoms with Crippen molar-refractivity contribution in [2.75, 3.05) is 5.73 Å². The molecule has 56 valence electrons. The Morgan fingerprint density at radius 2 is 2.27 bits per heavy atom. The van der Waals surface area contributed by atoms with Crippen LogP contribution in [0, 0.1) is 0 Å². The zero-order valence-corrected chi connectivity index (χ0v) is 5.90. The summed E-state index contributed by atoms with van der Waals surface area (Å²) in [4.78, 5) is 13.9. The highest BCUT2D eigenvalue weighted by Crippen LogP contribution is 2.01. The second-order valence-electron chi connectivity index (χ2n) is 1.98. The van der Waals surface area contributed by atoms with Gasteiger partial charge in [0.2, 0.25) is 0 Å². The Hall–Kier alpha value is -1.64. The maximum absolute atomic E-state index is 9.92. The molecule has 0 spiro atoms. The highest BCUT2D eigenvalue weighted by Gasteiger charge is 1.87. The summed E-state index contributed by atoms with van der Waals surface area (Å²) in [5, 5.41) is 0. The van der Waals surface area contributed by atoms with Crippen molar-refractivity contribution in [2.45, 2.75) is 0 Å². The topological polar surface area (TPSA) is 56.0 Å². The van der Waals surface area contributed by atoms with Crippen LogP contribution in [0.3, 0.4) is 0 Å². The summed E-state index contributed by atoms with van der Waals surface area (Å²) < 4.78 is 0. The number of carbonyl (C=O) groups is 1. The third-order valence-corrected chi connectivity index (χ3v) is 1.14. The lowest BCUT2D eigenvalue weighted by Gasteiger charge is -1.92. The first-order valence-electron chi connectivity index (χ1n) is 3.17. The summed E-state index contributed by atoms with van der Waals surface area (Å²) in [6, 6.07) is 5.25. The zero-order chi connectivity index (χ0) is 8.10. The van der Waals surface area contributed by atoms with Crippen LogP contribution in [0.1, 0.15) is 5.69 Å². The van der Waals surface area contributed by atoms with E-state index in [2.05, 4.69) is 4.98 Å². The van der Waals surface area contributed by atoms with E-state index in [1.807, 2.05) is 0 Å². The van der Waals surface area contributed by atoms with E-state index >= 15 is 0 Å². The smallest absolute Gasteiger partial charge is 0.142 e. The number of carbonyl (C=O) groups excluding carboxylic acids is 1. The molecule has 1 aromatic heterocycles. The number of aromatic nitrogens is 1. The Morgan fingerprint density at radius 3 is 2.91 bits per heavy atom. The lowest BCUT2D eigenvalue weighted by atomic mass is 10.3. The fraction of sp³-hybridized carbons (Fsp3) is 0. The van der Waals surface area contributed by atoms with E-state index in [0.29, 0.717) is 17.8 Å². The summed E-state index contributed by atoms with van der Waals surface area (Å²) in [5.41, 5.74) is 6.09. The molecule has 2 N–H and O–H groups in total. The van der Waals surface area contributed by atoms with Crippen LogP contribution in [0.15, 0.2) is 24.3 Å². The van der Waals surface area contributed by atoms with Crippen LogP contribution < -0.4 is 5.73 Å². The zero-order valence-electron chi connectivity index (χ0n) is 5.90. The summed E-state index contributed by atoms with van der Waals surface area (Å²) >= 11 is 0. The van der Waals surface area contributed by atoms with Gasteiger partial charge in [-0.2, -0.15) is 0 Å². The third-order valence-electron chi connectivity index (χ3n) is 1.14. The summed E-state index contributed by atoms with van der Waals surface area (Å²) in [7, 11) is 0. The molecule has 3 heteroatoms. The molecule has 3 nitrogen and oxygen atoms in total. The van der Waals surface area contributed by atoms with Crippen LogP contribution in [-0.4, -0.2) is 11.3 Å². The van der Waals surface area contributed by atoms with Crippen LogP contribution >= 0.6 is 0 Å². The first-order chi connectivity index (χ1) is 5.33. The highest BCUT2D eigenvalue weighted by molar-refractivity contribution is 5.73. The van der Waals surface area contributed by atoms with Crippen LogP contribution in [0.4, 0.5) is 5.82 Å². The molecular weight excluding hydrogens is 140 g/mol. The Bertz CT molecular complexity index is 281. The van der Waals surface area contributed by atoms with E-state index in [-0.39, 0.29) is 0 Å². The van der Waals surface area contributed by atoms with Gasteiger partial charge in [0.25, 0.3) is 0 Å². The van der Waals surface area contributed by atoms with Gasteiger partial charge in [0.15, 0.2) is 0 Å². The summed E-state index contributed by atoms with van der Waals surface area (Å²) in [5.74, 6) is 0.457. The van der Waals surface area contributed by atoms with E-state index in [1.54, 1.807) is 24.3 Å². The Labute approximate surface area is 64.6 Å². The minimum atomic E-state index is 0.457. The number of anilines is 1. The average Bonchev–Trinajstić information content (AvgIpc) is 2.01. The number of nitrogens with two attached hydrogens (primary N) is 1. The molecule has 0 saturated heterocycles. The van der Waals surface area contributed by atoms with E-state index in [0.717, 1.165) is 0 Å². The number of pyridine rings is 1. The fourth-order valence-corrected chi connectivity index (χ4v) is 0.700.